The predicted molar refractivity (Wildman–Crippen MR) is 105 cm³/mol. The van der Waals surface area contributed by atoms with Gasteiger partial charge in [0.15, 0.2) is 0 Å². The van der Waals surface area contributed by atoms with Crippen molar-refractivity contribution in [3.8, 4) is 5.75 Å². The van der Waals surface area contributed by atoms with Crippen LogP contribution in [0, 0.1) is 20.2 Å². The number of ether oxygens (including phenoxy) is 1. The number of nitro benzene ring substituents is 2. The van der Waals surface area contributed by atoms with Crippen molar-refractivity contribution in [1.29, 1.82) is 0 Å². The second-order valence-corrected chi connectivity index (χ2v) is 6.01. The topological polar surface area (TPSA) is 125 Å². The summed E-state index contributed by atoms with van der Waals surface area (Å²) >= 11 is 0. The molecule has 0 aromatic heterocycles. The summed E-state index contributed by atoms with van der Waals surface area (Å²) in [5.74, 6) is -0.200. The molecule has 0 aliphatic heterocycles. The van der Waals surface area contributed by atoms with Gasteiger partial charge in [-0.3, -0.25) is 25.0 Å². The fourth-order valence-electron chi connectivity index (χ4n) is 2.54. The van der Waals surface area contributed by atoms with Crippen molar-refractivity contribution in [1.82, 2.24) is 0 Å². The van der Waals surface area contributed by atoms with Gasteiger partial charge in [0.1, 0.15) is 12.4 Å². The van der Waals surface area contributed by atoms with Gasteiger partial charge in [-0.05, 0) is 17.7 Å². The molecule has 3 aromatic rings. The van der Waals surface area contributed by atoms with Crippen LogP contribution in [0.15, 0.2) is 72.8 Å². The number of benzene rings is 3. The van der Waals surface area contributed by atoms with Gasteiger partial charge in [-0.25, -0.2) is 0 Å². The van der Waals surface area contributed by atoms with E-state index in [2.05, 4.69) is 5.32 Å². The summed E-state index contributed by atoms with van der Waals surface area (Å²) < 4.78 is 5.69. The summed E-state index contributed by atoms with van der Waals surface area (Å²) in [5.41, 5.74) is 0.0932. The summed E-state index contributed by atoms with van der Waals surface area (Å²) in [4.78, 5) is 32.8. The highest BCUT2D eigenvalue weighted by Crippen LogP contribution is 2.24. The lowest BCUT2D eigenvalue weighted by atomic mass is 10.1. The van der Waals surface area contributed by atoms with Crippen molar-refractivity contribution in [3.63, 3.8) is 0 Å². The Balaban J connectivity index is 1.75. The van der Waals surface area contributed by atoms with E-state index < -0.39 is 27.1 Å². The number of hydrogen-bond acceptors (Lipinski definition) is 6. The van der Waals surface area contributed by atoms with Crippen molar-refractivity contribution in [2.45, 2.75) is 6.61 Å². The van der Waals surface area contributed by atoms with Gasteiger partial charge in [-0.2, -0.15) is 0 Å². The Morgan fingerprint density at radius 2 is 1.52 bits per heavy atom. The number of amides is 1. The fraction of sp³-hybridized carbons (Fsp3) is 0.0500. The zero-order chi connectivity index (χ0) is 20.8. The van der Waals surface area contributed by atoms with E-state index >= 15 is 0 Å². The molecular formula is C20H15N3O6. The fourth-order valence-corrected chi connectivity index (χ4v) is 2.54. The Labute approximate surface area is 164 Å². The molecule has 1 amide bonds. The molecule has 9 nitrogen and oxygen atoms in total. The van der Waals surface area contributed by atoms with E-state index in [9.17, 15) is 25.0 Å². The van der Waals surface area contributed by atoms with Crippen LogP contribution in [-0.4, -0.2) is 15.8 Å². The van der Waals surface area contributed by atoms with Gasteiger partial charge in [0.25, 0.3) is 17.3 Å². The van der Waals surface area contributed by atoms with E-state index in [1.807, 2.05) is 30.3 Å². The van der Waals surface area contributed by atoms with E-state index in [1.165, 1.54) is 0 Å². The van der Waals surface area contributed by atoms with E-state index in [-0.39, 0.29) is 5.56 Å². The average Bonchev–Trinajstić information content (AvgIpc) is 2.73. The summed E-state index contributed by atoms with van der Waals surface area (Å²) in [6.07, 6.45) is 0. The Hall–Kier alpha value is -4.27. The maximum atomic E-state index is 12.5. The minimum absolute atomic E-state index is 0.193. The highest BCUT2D eigenvalue weighted by molar-refractivity contribution is 6.05. The number of nitro groups is 2. The van der Waals surface area contributed by atoms with Crippen LogP contribution in [0.3, 0.4) is 0 Å². The van der Waals surface area contributed by atoms with Crippen LogP contribution in [0.2, 0.25) is 0 Å². The monoisotopic (exact) mass is 393 g/mol. The number of rotatable bonds is 7. The molecule has 146 valence electrons. The number of carbonyl (C=O) groups is 1. The van der Waals surface area contributed by atoms with Gasteiger partial charge in [-0.15, -0.1) is 0 Å². The van der Waals surface area contributed by atoms with Crippen molar-refractivity contribution in [2.75, 3.05) is 5.32 Å². The first-order valence-corrected chi connectivity index (χ1v) is 8.44. The molecule has 0 saturated carbocycles. The van der Waals surface area contributed by atoms with Gasteiger partial charge in [0, 0.05) is 23.9 Å². The quantitative estimate of drug-likeness (QED) is 0.470. The number of hydrogen-bond donors (Lipinski definition) is 1. The number of anilines is 1. The van der Waals surface area contributed by atoms with Crippen molar-refractivity contribution >= 4 is 23.0 Å². The first-order valence-electron chi connectivity index (χ1n) is 8.44. The molecular weight excluding hydrogens is 378 g/mol. The molecule has 0 radical (unpaired) electrons. The predicted octanol–water partition coefficient (Wildman–Crippen LogP) is 4.33. The van der Waals surface area contributed by atoms with Gasteiger partial charge < -0.3 is 10.1 Å². The largest absolute Gasteiger partial charge is 0.489 e. The van der Waals surface area contributed by atoms with E-state index in [0.29, 0.717) is 18.0 Å². The van der Waals surface area contributed by atoms with Crippen LogP contribution in [0.5, 0.6) is 5.75 Å². The third-order valence-electron chi connectivity index (χ3n) is 3.93. The van der Waals surface area contributed by atoms with Gasteiger partial charge >= 0.3 is 0 Å². The first-order chi connectivity index (χ1) is 13.9. The highest BCUT2D eigenvalue weighted by atomic mass is 16.6. The van der Waals surface area contributed by atoms with Crippen LogP contribution in [0.25, 0.3) is 0 Å². The molecule has 0 atom stereocenters. The smallest absolute Gasteiger partial charge is 0.277 e. The molecule has 3 aromatic carbocycles. The number of nitrogens with one attached hydrogen (secondary N) is 1. The van der Waals surface area contributed by atoms with Crippen LogP contribution in [0.1, 0.15) is 15.9 Å². The van der Waals surface area contributed by atoms with Crippen LogP contribution < -0.4 is 10.1 Å². The lowest BCUT2D eigenvalue weighted by Gasteiger charge is -2.09. The molecule has 0 aliphatic rings. The van der Waals surface area contributed by atoms with Gasteiger partial charge in [0.2, 0.25) is 0 Å². The van der Waals surface area contributed by atoms with Crippen molar-refractivity contribution < 1.29 is 19.4 Å². The molecule has 29 heavy (non-hydrogen) atoms. The standard InChI is InChI=1S/C20H15N3O6/c24-20(15-9-17(22(25)26)12-18(10-15)23(27)28)21-16-7-4-8-19(11-16)29-13-14-5-2-1-3-6-14/h1-12H,13H2,(H,21,24). The Bertz CT molecular complexity index is 1040. The lowest BCUT2D eigenvalue weighted by molar-refractivity contribution is -0.394. The molecule has 9 heteroatoms. The van der Waals surface area contributed by atoms with Crippen LogP contribution in [-0.2, 0) is 6.61 Å². The second-order valence-electron chi connectivity index (χ2n) is 6.01. The van der Waals surface area contributed by atoms with Crippen molar-refractivity contribution in [2.24, 2.45) is 0 Å². The van der Waals surface area contributed by atoms with Gasteiger partial charge in [0.05, 0.1) is 21.5 Å². The SMILES string of the molecule is O=C(Nc1cccc(OCc2ccccc2)c1)c1cc([N+](=O)[O-])cc([N+](=O)[O-])c1. The van der Waals surface area contributed by atoms with Crippen LogP contribution >= 0.6 is 0 Å². The summed E-state index contributed by atoms with van der Waals surface area (Å²) in [6.45, 7) is 0.343. The summed E-state index contributed by atoms with van der Waals surface area (Å²) in [6, 6.07) is 18.9. The molecule has 1 N–H and O–H groups in total. The molecule has 0 aliphatic carbocycles. The minimum Gasteiger partial charge on any atom is -0.489 e. The van der Waals surface area contributed by atoms with Gasteiger partial charge in [-0.1, -0.05) is 36.4 Å². The lowest BCUT2D eigenvalue weighted by Crippen LogP contribution is -2.12. The first kappa shape index (κ1) is 19.5. The van der Waals surface area contributed by atoms with E-state index in [4.69, 9.17) is 4.74 Å². The number of non-ortho nitro benzene ring substituents is 2. The summed E-state index contributed by atoms with van der Waals surface area (Å²) in [7, 11) is 0. The molecule has 3 rings (SSSR count). The number of carbonyl (C=O) groups excluding carboxylic acids is 1. The van der Waals surface area contributed by atoms with E-state index in [0.717, 1.165) is 23.8 Å². The Morgan fingerprint density at radius 3 is 2.14 bits per heavy atom. The molecule has 0 spiro atoms. The maximum absolute atomic E-state index is 12.5. The normalized spacial score (nSPS) is 10.2. The second kappa shape index (κ2) is 8.61. The average molecular weight is 393 g/mol. The zero-order valence-corrected chi connectivity index (χ0v) is 15.0. The van der Waals surface area contributed by atoms with Crippen LogP contribution in [0.4, 0.5) is 17.1 Å². The third-order valence-corrected chi connectivity index (χ3v) is 3.93. The minimum atomic E-state index is -0.790. The molecule has 0 saturated heterocycles. The van der Waals surface area contributed by atoms with E-state index in [1.54, 1.807) is 24.3 Å². The molecule has 0 heterocycles. The third kappa shape index (κ3) is 5.13. The number of nitrogens with zero attached hydrogens (tertiary/aromatic N) is 2. The summed E-state index contributed by atoms with van der Waals surface area (Å²) in [5, 5.41) is 24.5. The highest BCUT2D eigenvalue weighted by Gasteiger charge is 2.20. The van der Waals surface area contributed by atoms with Crippen molar-refractivity contribution in [3.05, 3.63) is 104 Å². The Kier molecular flexibility index (Phi) is 5.79. The molecule has 0 fully saturated rings. The maximum Gasteiger partial charge on any atom is 0.277 e. The zero-order valence-electron chi connectivity index (χ0n) is 15.0. The Morgan fingerprint density at radius 1 is 0.862 bits per heavy atom. The molecule has 0 bridgehead atoms. The molecule has 0 unspecified atom stereocenters.